The average Bonchev–Trinajstić information content (AvgIpc) is 3.33. The lowest BCUT2D eigenvalue weighted by Crippen LogP contribution is -2.51. The summed E-state index contributed by atoms with van der Waals surface area (Å²) in [5, 5.41) is 1.70. The van der Waals surface area contributed by atoms with Crippen molar-refractivity contribution in [3.63, 3.8) is 0 Å². The number of imidazole rings is 1. The Bertz CT molecular complexity index is 1260. The Balaban J connectivity index is 1.92. The molecule has 0 aliphatic rings. The van der Waals surface area contributed by atoms with Crippen molar-refractivity contribution in [3.8, 4) is 22.9 Å². The number of fused-ring (bicyclic) bond motifs is 1. The number of nitrogens with zero attached hydrogens (tertiary/aromatic N) is 5. The van der Waals surface area contributed by atoms with Crippen LogP contribution in [0.3, 0.4) is 0 Å². The van der Waals surface area contributed by atoms with Gasteiger partial charge in [0.25, 0.3) is 5.88 Å². The maximum atomic E-state index is 13.4. The third-order valence-corrected chi connectivity index (χ3v) is 5.83. The van der Waals surface area contributed by atoms with Crippen LogP contribution < -0.4 is 14.8 Å². The fraction of sp³-hybridized carbons (Fsp3) is 0.478. The number of carbonyl (C=O) groups excluding carboxylic acids is 1. The number of hydrogen-bond acceptors (Lipinski definition) is 6. The van der Waals surface area contributed by atoms with E-state index in [1.807, 2.05) is 0 Å². The van der Waals surface area contributed by atoms with E-state index < -0.39 is 43.3 Å². The molecule has 0 spiro atoms. The SMILES string of the molecule is CCN(C(=O)NC(CCC(F)(F)F)C(F)(F)F)[C@H](C)c1cc(-c2cn3ccnc3c(OC)n2)c(OC)cn1. The summed E-state index contributed by atoms with van der Waals surface area (Å²) in [6.07, 6.45) is -6.62. The van der Waals surface area contributed by atoms with Gasteiger partial charge in [-0.1, -0.05) is 0 Å². The van der Waals surface area contributed by atoms with Crippen molar-refractivity contribution in [2.45, 2.75) is 51.1 Å². The molecule has 0 saturated heterocycles. The minimum absolute atomic E-state index is 0.0487. The summed E-state index contributed by atoms with van der Waals surface area (Å²) < 4.78 is 90.1. The number of aromatic nitrogens is 4. The molecular weight excluding hydrogens is 522 g/mol. The third-order valence-electron chi connectivity index (χ3n) is 5.83. The first-order chi connectivity index (χ1) is 17.8. The number of pyridine rings is 1. The zero-order chi connectivity index (χ0) is 28.3. The predicted octanol–water partition coefficient (Wildman–Crippen LogP) is 5.17. The van der Waals surface area contributed by atoms with Crippen LogP contribution in [0.25, 0.3) is 16.9 Å². The van der Waals surface area contributed by atoms with Gasteiger partial charge in [0.1, 0.15) is 11.8 Å². The molecule has 0 aliphatic carbocycles. The van der Waals surface area contributed by atoms with Gasteiger partial charge in [-0.2, -0.15) is 26.3 Å². The Kier molecular flexibility index (Phi) is 8.57. The molecular formula is C23H26F6N6O3. The highest BCUT2D eigenvalue weighted by Gasteiger charge is 2.43. The summed E-state index contributed by atoms with van der Waals surface area (Å²) in [6, 6.07) is -3.14. The molecule has 2 amide bonds. The van der Waals surface area contributed by atoms with Crippen molar-refractivity contribution in [3.05, 3.63) is 36.5 Å². The Morgan fingerprint density at radius 3 is 2.45 bits per heavy atom. The monoisotopic (exact) mass is 548 g/mol. The van der Waals surface area contributed by atoms with Crippen LogP contribution in [0.15, 0.2) is 30.9 Å². The van der Waals surface area contributed by atoms with Crippen molar-refractivity contribution in [1.29, 1.82) is 0 Å². The summed E-state index contributed by atoms with van der Waals surface area (Å²) in [5.74, 6) is 0.555. The van der Waals surface area contributed by atoms with Gasteiger partial charge in [0.15, 0.2) is 5.65 Å². The van der Waals surface area contributed by atoms with Crippen LogP contribution in [-0.2, 0) is 0 Å². The summed E-state index contributed by atoms with van der Waals surface area (Å²) in [4.78, 5) is 26.7. The van der Waals surface area contributed by atoms with E-state index in [4.69, 9.17) is 9.47 Å². The summed E-state index contributed by atoms with van der Waals surface area (Å²) in [7, 11) is 2.85. The van der Waals surface area contributed by atoms with Crippen LogP contribution in [0.1, 0.15) is 38.4 Å². The Morgan fingerprint density at radius 1 is 1.16 bits per heavy atom. The second-order valence-electron chi connectivity index (χ2n) is 8.26. The van der Waals surface area contributed by atoms with E-state index in [-0.39, 0.29) is 18.1 Å². The molecule has 3 rings (SSSR count). The first-order valence-electron chi connectivity index (χ1n) is 11.4. The topological polar surface area (TPSA) is 93.9 Å². The van der Waals surface area contributed by atoms with E-state index in [2.05, 4.69) is 15.0 Å². The number of ether oxygens (including phenoxy) is 2. The molecule has 0 saturated carbocycles. The molecule has 208 valence electrons. The van der Waals surface area contributed by atoms with Gasteiger partial charge in [-0.05, 0) is 26.3 Å². The fourth-order valence-electron chi connectivity index (χ4n) is 3.83. The van der Waals surface area contributed by atoms with E-state index in [1.54, 1.807) is 34.4 Å². The minimum atomic E-state index is -5.06. The molecule has 0 aliphatic heterocycles. The molecule has 1 N–H and O–H groups in total. The molecule has 9 nitrogen and oxygen atoms in total. The van der Waals surface area contributed by atoms with E-state index in [0.29, 0.717) is 22.7 Å². The molecule has 15 heteroatoms. The largest absolute Gasteiger partial charge is 0.494 e. The normalized spacial score (nSPS) is 13.7. The van der Waals surface area contributed by atoms with Crippen molar-refractivity contribution in [1.82, 2.24) is 29.6 Å². The number of methoxy groups -OCH3 is 2. The Labute approximate surface area is 213 Å². The first kappa shape index (κ1) is 28.8. The van der Waals surface area contributed by atoms with Crippen LogP contribution in [0.2, 0.25) is 0 Å². The number of hydrogen-bond donors (Lipinski definition) is 1. The summed E-state index contributed by atoms with van der Waals surface area (Å²) in [5.41, 5.74) is 1.60. The number of rotatable bonds is 9. The van der Waals surface area contributed by atoms with Crippen LogP contribution in [0, 0.1) is 0 Å². The van der Waals surface area contributed by atoms with Gasteiger partial charge in [0, 0.05) is 37.1 Å². The average molecular weight is 548 g/mol. The number of urea groups is 1. The van der Waals surface area contributed by atoms with Crippen LogP contribution in [0.5, 0.6) is 11.6 Å². The van der Waals surface area contributed by atoms with E-state index >= 15 is 0 Å². The number of carbonyl (C=O) groups is 1. The molecule has 0 bridgehead atoms. The quantitative estimate of drug-likeness (QED) is 0.371. The summed E-state index contributed by atoms with van der Waals surface area (Å²) >= 11 is 0. The van der Waals surface area contributed by atoms with Gasteiger partial charge in [-0.15, -0.1) is 0 Å². The standard InChI is InChI=1S/C23H26F6N6O3/c1-5-35(21(36)33-18(23(27,28)29)6-7-22(24,25)26)13(2)15-10-14(17(37-3)11-31-15)16-12-34-9-8-30-19(34)20(32-16)38-4/h8-13,18H,5-7H2,1-4H3,(H,33,36)/t13-,18?/m1/s1. The fourth-order valence-corrected chi connectivity index (χ4v) is 3.83. The van der Waals surface area contributed by atoms with Gasteiger partial charge in [-0.3, -0.25) is 4.98 Å². The summed E-state index contributed by atoms with van der Waals surface area (Å²) in [6.45, 7) is 3.01. The lowest BCUT2D eigenvalue weighted by atomic mass is 10.1. The molecule has 3 heterocycles. The highest BCUT2D eigenvalue weighted by atomic mass is 19.4. The number of amides is 2. The maximum absolute atomic E-state index is 13.4. The second-order valence-corrected chi connectivity index (χ2v) is 8.26. The van der Waals surface area contributed by atoms with Gasteiger partial charge in [-0.25, -0.2) is 14.8 Å². The first-order valence-corrected chi connectivity index (χ1v) is 11.4. The molecule has 3 aromatic rings. The van der Waals surface area contributed by atoms with Crippen molar-refractivity contribution < 1.29 is 40.6 Å². The third kappa shape index (κ3) is 6.55. The van der Waals surface area contributed by atoms with Gasteiger partial charge in [0.05, 0.1) is 37.8 Å². The lowest BCUT2D eigenvalue weighted by Gasteiger charge is -2.31. The number of alkyl halides is 6. The maximum Gasteiger partial charge on any atom is 0.408 e. The molecule has 1 unspecified atom stereocenters. The van der Waals surface area contributed by atoms with Gasteiger partial charge >= 0.3 is 18.4 Å². The van der Waals surface area contributed by atoms with Crippen LogP contribution in [0.4, 0.5) is 31.1 Å². The molecule has 0 radical (unpaired) electrons. The molecule has 3 aromatic heterocycles. The number of halogens is 6. The smallest absolute Gasteiger partial charge is 0.408 e. The van der Waals surface area contributed by atoms with Crippen LogP contribution in [-0.4, -0.2) is 69.4 Å². The lowest BCUT2D eigenvalue weighted by molar-refractivity contribution is -0.171. The van der Waals surface area contributed by atoms with Gasteiger partial charge < -0.3 is 24.1 Å². The van der Waals surface area contributed by atoms with Gasteiger partial charge in [0.2, 0.25) is 0 Å². The molecule has 2 atom stereocenters. The van der Waals surface area contributed by atoms with E-state index in [0.717, 1.165) is 4.90 Å². The zero-order valence-corrected chi connectivity index (χ0v) is 20.9. The Morgan fingerprint density at radius 2 is 1.87 bits per heavy atom. The van der Waals surface area contributed by atoms with Crippen molar-refractivity contribution >= 4 is 11.7 Å². The van der Waals surface area contributed by atoms with E-state index in [1.165, 1.54) is 34.3 Å². The van der Waals surface area contributed by atoms with Crippen LogP contribution >= 0.6 is 0 Å². The zero-order valence-electron chi connectivity index (χ0n) is 20.9. The predicted molar refractivity (Wildman–Crippen MR) is 124 cm³/mol. The van der Waals surface area contributed by atoms with Crippen molar-refractivity contribution in [2.24, 2.45) is 0 Å². The molecule has 38 heavy (non-hydrogen) atoms. The van der Waals surface area contributed by atoms with Crippen molar-refractivity contribution in [2.75, 3.05) is 20.8 Å². The Hall–Kier alpha value is -3.78. The molecule has 0 fully saturated rings. The highest BCUT2D eigenvalue weighted by Crippen LogP contribution is 2.34. The second kappa shape index (κ2) is 11.3. The van der Waals surface area contributed by atoms with E-state index in [9.17, 15) is 31.1 Å². The highest BCUT2D eigenvalue weighted by molar-refractivity contribution is 5.75. The number of nitrogens with one attached hydrogen (secondary N) is 1. The molecule has 0 aromatic carbocycles. The minimum Gasteiger partial charge on any atom is -0.494 e.